The second kappa shape index (κ2) is 33.0. The number of carbonyl (C=O) groups excluding carboxylic acids is 3. The third-order valence-corrected chi connectivity index (χ3v) is 8.38. The first-order chi connectivity index (χ1) is 29.9. The first kappa shape index (κ1) is 52.5. The van der Waals surface area contributed by atoms with E-state index in [1.54, 1.807) is 36.5 Å². The Kier molecular flexibility index (Phi) is 27.5. The molecule has 0 bridgehead atoms. The predicted molar refractivity (Wildman–Crippen MR) is 259 cm³/mol. The van der Waals surface area contributed by atoms with Crippen LogP contribution in [0.5, 0.6) is 0 Å². The van der Waals surface area contributed by atoms with Crippen LogP contribution in [0.1, 0.15) is 38.9 Å². The largest absolute Gasteiger partial charge is 0.290 e. The Morgan fingerprint density at radius 2 is 0.397 bits per heavy atom. The van der Waals surface area contributed by atoms with Crippen molar-refractivity contribution >= 4 is 53.8 Å². The van der Waals surface area contributed by atoms with Gasteiger partial charge in [0.1, 0.15) is 0 Å². The molecule has 0 aromatic heterocycles. The van der Waals surface area contributed by atoms with E-state index >= 15 is 0 Å². The summed E-state index contributed by atoms with van der Waals surface area (Å²) in [6, 6.07) is 68.9. The molecule has 0 atom stereocenters. The molecule has 0 heterocycles. The van der Waals surface area contributed by atoms with Gasteiger partial charge in [0.25, 0.3) is 0 Å². The van der Waals surface area contributed by atoms with Crippen LogP contribution in [0.2, 0.25) is 0 Å². The predicted octanol–water partition coefficient (Wildman–Crippen LogP) is 13.9. The van der Waals surface area contributed by atoms with E-state index < -0.39 is 0 Å². The molecule has 0 radical (unpaired) electrons. The molecule has 63 heavy (non-hydrogen) atoms. The number of rotatable bonds is 12. The summed E-state index contributed by atoms with van der Waals surface area (Å²) in [6.45, 7) is 2.08. The Hall–Kier alpha value is -6.69. The van der Waals surface area contributed by atoms with Crippen molar-refractivity contribution in [2.75, 3.05) is 0 Å². The van der Waals surface area contributed by atoms with Gasteiger partial charge in [-0.25, -0.2) is 0 Å². The summed E-state index contributed by atoms with van der Waals surface area (Å²) in [7, 11) is 0. The Morgan fingerprint density at radius 3 is 0.524 bits per heavy atom. The van der Waals surface area contributed by atoms with Crippen LogP contribution in [-0.4, -0.2) is 17.3 Å². The van der Waals surface area contributed by atoms with Crippen LogP contribution in [0.25, 0.3) is 36.5 Å². The number of hydrogen-bond acceptors (Lipinski definition) is 3. The third-order valence-electron chi connectivity index (χ3n) is 8.38. The molecule has 7 rings (SSSR count). The number of hydrogen-bond donors (Lipinski definition) is 0. The number of allylic oxidation sites excluding steroid dienone is 6. The van der Waals surface area contributed by atoms with E-state index in [1.807, 2.05) is 237 Å². The van der Waals surface area contributed by atoms with Crippen LogP contribution in [0.15, 0.2) is 249 Å². The SMILES string of the molecule is Cc1ccccc1.O=C(/C=C/c1ccccc1)/C=C/c1ccccc1.O=C(/C=C/c1ccccc1)/C=C/c1ccccc1.O=C(/C=C/c1ccccc1)/C=C/c1ccccc1.[Pd].[Pd]. The van der Waals surface area contributed by atoms with Gasteiger partial charge in [0, 0.05) is 40.8 Å². The molecule has 0 saturated heterocycles. The van der Waals surface area contributed by atoms with Gasteiger partial charge in [-0.05, 0) is 76.8 Å². The fourth-order valence-corrected chi connectivity index (χ4v) is 5.16. The molecular weight excluding hydrogens is 957 g/mol. The quantitative estimate of drug-likeness (QED) is 0.0905. The van der Waals surface area contributed by atoms with Crippen LogP contribution >= 0.6 is 0 Å². The van der Waals surface area contributed by atoms with Crippen molar-refractivity contribution < 1.29 is 55.2 Å². The summed E-state index contributed by atoms with van der Waals surface area (Å²) in [4.78, 5) is 34.8. The van der Waals surface area contributed by atoms with E-state index in [4.69, 9.17) is 0 Å². The van der Waals surface area contributed by atoms with Gasteiger partial charge in [-0.1, -0.05) is 254 Å². The molecule has 320 valence electrons. The number of aryl methyl sites for hydroxylation is 1. The standard InChI is InChI=1S/3C17H14O.C7H8.2Pd/c3*18-17(13-11-15-7-3-1-4-8-15)14-12-16-9-5-2-6-10-16;1-7-5-3-2-4-6-7;;/h3*1-14H;2-6H,1H3;;/b3*13-11+,14-12+;;;. The smallest absolute Gasteiger partial charge is 0.178 e. The monoisotopic (exact) mass is 1010 g/mol. The topological polar surface area (TPSA) is 51.2 Å². The minimum Gasteiger partial charge on any atom is -0.290 e. The second-order valence-electron chi connectivity index (χ2n) is 13.3. The number of carbonyl (C=O) groups is 3. The van der Waals surface area contributed by atoms with Crippen LogP contribution in [0, 0.1) is 6.92 Å². The molecule has 0 spiro atoms. The molecule has 0 aliphatic heterocycles. The number of benzene rings is 7. The van der Waals surface area contributed by atoms with Crippen molar-refractivity contribution in [3.8, 4) is 0 Å². The molecule has 5 heteroatoms. The second-order valence-corrected chi connectivity index (χ2v) is 13.3. The molecule has 0 unspecified atom stereocenters. The van der Waals surface area contributed by atoms with Crippen molar-refractivity contribution in [2.24, 2.45) is 0 Å². The first-order valence-electron chi connectivity index (χ1n) is 20.0. The van der Waals surface area contributed by atoms with Gasteiger partial charge >= 0.3 is 0 Å². The van der Waals surface area contributed by atoms with Crippen LogP contribution in [-0.2, 0) is 55.2 Å². The van der Waals surface area contributed by atoms with Crippen LogP contribution in [0.4, 0.5) is 0 Å². The normalized spacial score (nSPS) is 10.5. The summed E-state index contributed by atoms with van der Waals surface area (Å²) >= 11 is 0. The van der Waals surface area contributed by atoms with E-state index in [9.17, 15) is 14.4 Å². The Balaban J connectivity index is 0.000000297. The summed E-state index contributed by atoms with van der Waals surface area (Å²) in [5.74, 6) is -0.0341. The van der Waals surface area contributed by atoms with E-state index in [2.05, 4.69) is 19.1 Å². The van der Waals surface area contributed by atoms with Crippen molar-refractivity contribution in [2.45, 2.75) is 6.92 Å². The summed E-state index contributed by atoms with van der Waals surface area (Å²) in [5, 5.41) is 0. The van der Waals surface area contributed by atoms with E-state index in [0.29, 0.717) is 0 Å². The van der Waals surface area contributed by atoms with Gasteiger partial charge in [0.15, 0.2) is 17.3 Å². The Morgan fingerprint density at radius 1 is 0.254 bits per heavy atom. The van der Waals surface area contributed by atoms with Crippen molar-refractivity contribution in [3.05, 3.63) is 288 Å². The van der Waals surface area contributed by atoms with Crippen LogP contribution < -0.4 is 0 Å². The van der Waals surface area contributed by atoms with Gasteiger partial charge in [-0.3, -0.25) is 14.4 Å². The molecule has 7 aromatic rings. The molecule has 0 saturated carbocycles. The molecular formula is C58H50O3Pd2. The van der Waals surface area contributed by atoms with Crippen LogP contribution in [0.3, 0.4) is 0 Å². The van der Waals surface area contributed by atoms with Gasteiger partial charge in [0.2, 0.25) is 0 Å². The third kappa shape index (κ3) is 25.0. The fraction of sp³-hybridized carbons (Fsp3) is 0.0172. The molecule has 0 aliphatic rings. The average Bonchev–Trinajstić information content (AvgIpc) is 3.33. The molecule has 0 aliphatic carbocycles. The van der Waals surface area contributed by atoms with Crippen molar-refractivity contribution in [3.63, 3.8) is 0 Å². The maximum atomic E-state index is 11.6. The molecule has 3 nitrogen and oxygen atoms in total. The molecule has 0 fully saturated rings. The minimum absolute atomic E-state index is 0. The Labute approximate surface area is 401 Å². The minimum atomic E-state index is -0.0114. The van der Waals surface area contributed by atoms with E-state index in [1.165, 1.54) is 5.56 Å². The molecule has 0 amide bonds. The Bertz CT molecular complexity index is 2070. The molecule has 0 N–H and O–H groups in total. The summed E-state index contributed by atoms with van der Waals surface area (Å²) in [5.41, 5.74) is 7.48. The fourth-order valence-electron chi connectivity index (χ4n) is 5.16. The van der Waals surface area contributed by atoms with E-state index in [0.717, 1.165) is 33.4 Å². The van der Waals surface area contributed by atoms with Gasteiger partial charge in [-0.15, -0.1) is 0 Å². The zero-order valence-corrected chi connectivity index (χ0v) is 38.1. The van der Waals surface area contributed by atoms with Gasteiger partial charge in [-0.2, -0.15) is 0 Å². The average molecular weight is 1010 g/mol. The van der Waals surface area contributed by atoms with Crippen molar-refractivity contribution in [1.29, 1.82) is 0 Å². The maximum Gasteiger partial charge on any atom is 0.178 e. The van der Waals surface area contributed by atoms with Gasteiger partial charge < -0.3 is 0 Å². The van der Waals surface area contributed by atoms with Crippen molar-refractivity contribution in [1.82, 2.24) is 0 Å². The zero-order chi connectivity index (χ0) is 43.0. The first-order valence-corrected chi connectivity index (χ1v) is 20.0. The molecule has 7 aromatic carbocycles. The zero-order valence-electron chi connectivity index (χ0n) is 35.0. The van der Waals surface area contributed by atoms with Gasteiger partial charge in [0.05, 0.1) is 0 Å². The maximum absolute atomic E-state index is 11.6. The summed E-state index contributed by atoms with van der Waals surface area (Å²) in [6.07, 6.45) is 20.4. The van der Waals surface area contributed by atoms with E-state index in [-0.39, 0.29) is 58.2 Å². The summed E-state index contributed by atoms with van der Waals surface area (Å²) < 4.78 is 0. The number of ketones is 3.